The molecule has 24 heavy (non-hydrogen) atoms. The number of nitrogens with zero attached hydrogens (tertiary/aromatic N) is 1. The van der Waals surface area contributed by atoms with Crippen molar-refractivity contribution in [2.45, 2.75) is 45.6 Å². The summed E-state index contributed by atoms with van der Waals surface area (Å²) in [6.45, 7) is 3.59. The van der Waals surface area contributed by atoms with E-state index in [4.69, 9.17) is 9.26 Å². The maximum atomic E-state index is 12.3. The highest BCUT2D eigenvalue weighted by Gasteiger charge is 2.21. The molecular weight excluding hydrogens is 306 g/mol. The summed E-state index contributed by atoms with van der Waals surface area (Å²) in [6, 6.07) is 5.99. The fourth-order valence-corrected chi connectivity index (χ4v) is 3.29. The third kappa shape index (κ3) is 3.37. The van der Waals surface area contributed by atoms with E-state index in [1.807, 2.05) is 12.1 Å². The van der Waals surface area contributed by atoms with E-state index in [-0.39, 0.29) is 12.1 Å². The minimum Gasteiger partial charge on any atom is -0.496 e. The van der Waals surface area contributed by atoms with Gasteiger partial charge in [-0.25, -0.2) is 4.79 Å². The molecule has 3 rings (SSSR count). The average molecular weight is 329 g/mol. The molecule has 0 aliphatic heterocycles. The molecule has 1 atom stereocenters. The van der Waals surface area contributed by atoms with Gasteiger partial charge in [0.05, 0.1) is 7.11 Å². The maximum absolute atomic E-state index is 12.3. The first-order chi connectivity index (χ1) is 11.6. The van der Waals surface area contributed by atoms with Gasteiger partial charge in [0.25, 0.3) is 0 Å². The SMILES string of the molecule is COc1cccc2c1CCCC(NC(=O)Nc1c(C)noc1C)C2. The Morgan fingerprint density at radius 1 is 1.38 bits per heavy atom. The van der Waals surface area contributed by atoms with Crippen LogP contribution in [0.25, 0.3) is 0 Å². The summed E-state index contributed by atoms with van der Waals surface area (Å²) in [6.07, 6.45) is 3.74. The molecule has 2 aromatic rings. The predicted molar refractivity (Wildman–Crippen MR) is 91.6 cm³/mol. The summed E-state index contributed by atoms with van der Waals surface area (Å²) in [5, 5.41) is 9.76. The van der Waals surface area contributed by atoms with Gasteiger partial charge < -0.3 is 19.9 Å². The summed E-state index contributed by atoms with van der Waals surface area (Å²) in [4.78, 5) is 12.3. The lowest BCUT2D eigenvalue weighted by Crippen LogP contribution is -2.39. The minimum absolute atomic E-state index is 0.0961. The van der Waals surface area contributed by atoms with Crippen LogP contribution in [0.2, 0.25) is 0 Å². The van der Waals surface area contributed by atoms with Crippen LogP contribution in [0.15, 0.2) is 22.7 Å². The number of rotatable bonds is 3. The summed E-state index contributed by atoms with van der Waals surface area (Å²) in [7, 11) is 1.70. The Morgan fingerprint density at radius 3 is 2.92 bits per heavy atom. The number of methoxy groups -OCH3 is 1. The molecule has 2 N–H and O–H groups in total. The Balaban J connectivity index is 1.68. The Labute approximate surface area is 141 Å². The summed E-state index contributed by atoms with van der Waals surface area (Å²) in [5.41, 5.74) is 3.83. The van der Waals surface area contributed by atoms with Gasteiger partial charge in [-0.05, 0) is 56.7 Å². The van der Waals surface area contributed by atoms with Gasteiger partial charge in [-0.15, -0.1) is 0 Å². The second-order valence-corrected chi connectivity index (χ2v) is 6.19. The van der Waals surface area contributed by atoms with Crippen LogP contribution < -0.4 is 15.4 Å². The van der Waals surface area contributed by atoms with Gasteiger partial charge >= 0.3 is 6.03 Å². The van der Waals surface area contributed by atoms with Gasteiger partial charge in [0.15, 0.2) is 5.76 Å². The molecule has 1 aromatic carbocycles. The van der Waals surface area contributed by atoms with E-state index in [0.717, 1.165) is 31.4 Å². The second-order valence-electron chi connectivity index (χ2n) is 6.19. The molecule has 0 saturated carbocycles. The van der Waals surface area contributed by atoms with E-state index in [0.29, 0.717) is 17.1 Å². The van der Waals surface area contributed by atoms with Gasteiger partial charge in [-0.1, -0.05) is 17.3 Å². The van der Waals surface area contributed by atoms with E-state index in [2.05, 4.69) is 21.9 Å². The Bertz CT molecular complexity index is 720. The van der Waals surface area contributed by atoms with Crippen LogP contribution in [-0.4, -0.2) is 24.3 Å². The van der Waals surface area contributed by atoms with E-state index in [1.54, 1.807) is 21.0 Å². The van der Waals surface area contributed by atoms with Gasteiger partial charge in [-0.3, -0.25) is 0 Å². The first-order valence-electron chi connectivity index (χ1n) is 8.23. The van der Waals surface area contributed by atoms with Gasteiger partial charge in [0, 0.05) is 6.04 Å². The standard InChI is InChI=1S/C18H23N3O3/c1-11-17(12(2)24-21-11)20-18(22)19-14-7-5-8-15-13(10-14)6-4-9-16(15)23-3/h4,6,9,14H,5,7-8,10H2,1-3H3,(H2,19,20,22). The van der Waals surface area contributed by atoms with Crippen LogP contribution >= 0.6 is 0 Å². The number of benzene rings is 1. The normalized spacial score (nSPS) is 16.9. The number of hydrogen-bond donors (Lipinski definition) is 2. The predicted octanol–water partition coefficient (Wildman–Crippen LogP) is 3.37. The topological polar surface area (TPSA) is 76.4 Å². The van der Waals surface area contributed by atoms with Crippen molar-refractivity contribution in [3.63, 3.8) is 0 Å². The van der Waals surface area contributed by atoms with E-state index < -0.39 is 0 Å². The lowest BCUT2D eigenvalue weighted by Gasteiger charge is -2.17. The summed E-state index contributed by atoms with van der Waals surface area (Å²) < 4.78 is 10.5. The zero-order valence-corrected chi connectivity index (χ0v) is 14.3. The molecule has 2 amide bonds. The van der Waals surface area contributed by atoms with Crippen molar-refractivity contribution in [3.05, 3.63) is 40.8 Å². The zero-order valence-electron chi connectivity index (χ0n) is 14.3. The smallest absolute Gasteiger partial charge is 0.319 e. The van der Waals surface area contributed by atoms with Crippen molar-refractivity contribution in [2.24, 2.45) is 0 Å². The molecule has 1 heterocycles. The molecule has 0 bridgehead atoms. The van der Waals surface area contributed by atoms with Gasteiger partial charge in [0.1, 0.15) is 17.1 Å². The van der Waals surface area contributed by atoms with E-state index in [9.17, 15) is 4.79 Å². The Hall–Kier alpha value is -2.50. The van der Waals surface area contributed by atoms with Crippen LogP contribution in [-0.2, 0) is 12.8 Å². The fraction of sp³-hybridized carbons (Fsp3) is 0.444. The highest BCUT2D eigenvalue weighted by Crippen LogP contribution is 2.29. The average Bonchev–Trinajstić information content (AvgIpc) is 2.76. The number of nitrogens with one attached hydrogen (secondary N) is 2. The number of amides is 2. The third-order valence-corrected chi connectivity index (χ3v) is 4.50. The molecule has 0 radical (unpaired) electrons. The Kier molecular flexibility index (Phi) is 4.74. The van der Waals surface area contributed by atoms with Crippen molar-refractivity contribution >= 4 is 11.7 Å². The van der Waals surface area contributed by atoms with Crippen LogP contribution in [0.5, 0.6) is 5.75 Å². The van der Waals surface area contributed by atoms with Crippen LogP contribution in [0, 0.1) is 13.8 Å². The number of carbonyl (C=O) groups excluding carboxylic acids is 1. The van der Waals surface area contributed by atoms with Crippen LogP contribution in [0.1, 0.15) is 35.4 Å². The highest BCUT2D eigenvalue weighted by atomic mass is 16.5. The third-order valence-electron chi connectivity index (χ3n) is 4.50. The molecule has 1 aliphatic carbocycles. The minimum atomic E-state index is -0.222. The lowest BCUT2D eigenvalue weighted by atomic mass is 10.0. The number of urea groups is 1. The molecule has 1 aromatic heterocycles. The number of aromatic nitrogens is 1. The molecule has 6 heteroatoms. The number of fused-ring (bicyclic) bond motifs is 1. The van der Waals surface area contributed by atoms with Gasteiger partial charge in [-0.2, -0.15) is 0 Å². The van der Waals surface area contributed by atoms with Crippen LogP contribution in [0.4, 0.5) is 10.5 Å². The van der Waals surface area contributed by atoms with Crippen molar-refractivity contribution in [1.29, 1.82) is 0 Å². The zero-order chi connectivity index (χ0) is 17.1. The Morgan fingerprint density at radius 2 is 2.21 bits per heavy atom. The number of aryl methyl sites for hydroxylation is 2. The van der Waals surface area contributed by atoms with Crippen LogP contribution in [0.3, 0.4) is 0 Å². The molecule has 0 fully saturated rings. The summed E-state index contributed by atoms with van der Waals surface area (Å²) in [5.74, 6) is 1.55. The van der Waals surface area contributed by atoms with E-state index in [1.165, 1.54) is 11.1 Å². The van der Waals surface area contributed by atoms with Crippen molar-refractivity contribution < 1.29 is 14.1 Å². The first kappa shape index (κ1) is 16.4. The number of anilines is 1. The maximum Gasteiger partial charge on any atom is 0.319 e. The van der Waals surface area contributed by atoms with Crippen molar-refractivity contribution in [3.8, 4) is 5.75 Å². The first-order valence-corrected chi connectivity index (χ1v) is 8.23. The van der Waals surface area contributed by atoms with E-state index >= 15 is 0 Å². The number of hydrogen-bond acceptors (Lipinski definition) is 4. The molecule has 1 aliphatic rings. The largest absolute Gasteiger partial charge is 0.496 e. The van der Waals surface area contributed by atoms with Crippen molar-refractivity contribution in [2.75, 3.05) is 12.4 Å². The van der Waals surface area contributed by atoms with Gasteiger partial charge in [0.2, 0.25) is 0 Å². The number of ether oxygens (including phenoxy) is 1. The molecular formula is C18H23N3O3. The molecule has 128 valence electrons. The quantitative estimate of drug-likeness (QED) is 0.847. The lowest BCUT2D eigenvalue weighted by molar-refractivity contribution is 0.247. The summed E-state index contributed by atoms with van der Waals surface area (Å²) >= 11 is 0. The monoisotopic (exact) mass is 329 g/mol. The second kappa shape index (κ2) is 6.95. The molecule has 0 saturated heterocycles. The fourth-order valence-electron chi connectivity index (χ4n) is 3.29. The highest BCUT2D eigenvalue weighted by molar-refractivity contribution is 5.90. The van der Waals surface area contributed by atoms with Crippen molar-refractivity contribution in [1.82, 2.24) is 10.5 Å². The number of carbonyl (C=O) groups is 1. The molecule has 0 spiro atoms. The molecule has 6 nitrogen and oxygen atoms in total. The molecule has 1 unspecified atom stereocenters.